The second-order valence-corrected chi connectivity index (χ2v) is 8.72. The van der Waals surface area contributed by atoms with Gasteiger partial charge >= 0.3 is 6.09 Å². The van der Waals surface area contributed by atoms with Crippen molar-refractivity contribution in [3.05, 3.63) is 28.5 Å². The van der Waals surface area contributed by atoms with Gasteiger partial charge in [0, 0.05) is 26.2 Å². The number of fused-ring (bicyclic) bond motifs is 1. The van der Waals surface area contributed by atoms with Crippen molar-refractivity contribution in [2.24, 2.45) is 0 Å². The van der Waals surface area contributed by atoms with Crippen LogP contribution in [0, 0.1) is 11.6 Å². The highest BCUT2D eigenvalue weighted by molar-refractivity contribution is 9.10. The van der Waals surface area contributed by atoms with E-state index in [1.54, 1.807) is 30.6 Å². The van der Waals surface area contributed by atoms with Gasteiger partial charge in [-0.1, -0.05) is 0 Å². The normalized spacial score (nSPS) is 17.7. The van der Waals surface area contributed by atoms with Crippen molar-refractivity contribution in [2.45, 2.75) is 38.8 Å². The molecule has 10 heteroatoms. The molecule has 1 atom stereocenters. The molecule has 1 unspecified atom stereocenters. The molecule has 1 aromatic heterocycles. The molecule has 1 saturated heterocycles. The van der Waals surface area contributed by atoms with E-state index in [1.807, 2.05) is 0 Å². The lowest BCUT2D eigenvalue weighted by atomic mass is 10.1. The lowest BCUT2D eigenvalue weighted by Gasteiger charge is -2.42. The molecule has 0 saturated carbocycles. The van der Waals surface area contributed by atoms with Crippen molar-refractivity contribution in [3.63, 3.8) is 0 Å². The minimum Gasteiger partial charge on any atom is -0.444 e. The van der Waals surface area contributed by atoms with Gasteiger partial charge in [0.2, 0.25) is 0 Å². The highest BCUT2D eigenvalue weighted by Crippen LogP contribution is 2.33. The predicted molar refractivity (Wildman–Crippen MR) is 108 cm³/mol. The molecule has 1 amide bonds. The smallest absolute Gasteiger partial charge is 0.410 e. The van der Waals surface area contributed by atoms with Crippen molar-refractivity contribution < 1.29 is 23.4 Å². The number of nitrogens with zero attached hydrogens (tertiary/aromatic N) is 4. The molecule has 2 heterocycles. The maximum Gasteiger partial charge on any atom is 0.410 e. The highest BCUT2D eigenvalue weighted by Gasteiger charge is 2.34. The van der Waals surface area contributed by atoms with E-state index in [-0.39, 0.29) is 40.4 Å². The van der Waals surface area contributed by atoms with E-state index in [2.05, 4.69) is 25.9 Å². The van der Waals surface area contributed by atoms with Crippen molar-refractivity contribution >= 4 is 38.7 Å². The number of anilines is 1. The first kappa shape index (κ1) is 21.6. The zero-order chi connectivity index (χ0) is 21.3. The first-order valence-electron chi connectivity index (χ1n) is 9.26. The molecule has 0 spiro atoms. The number of hydrogen-bond donors (Lipinski definition) is 1. The summed E-state index contributed by atoms with van der Waals surface area (Å²) in [5.74, 6) is -1.08. The first-order valence-corrected chi connectivity index (χ1v) is 10.1. The van der Waals surface area contributed by atoms with E-state index in [4.69, 9.17) is 4.74 Å². The molecule has 29 heavy (non-hydrogen) atoms. The Labute approximate surface area is 175 Å². The number of ether oxygens (including phenoxy) is 1. The van der Waals surface area contributed by atoms with Gasteiger partial charge in [0.15, 0.2) is 5.82 Å². The molecule has 2 aromatic rings. The number of piperazine rings is 1. The van der Waals surface area contributed by atoms with E-state index in [1.165, 1.54) is 6.33 Å². The van der Waals surface area contributed by atoms with Gasteiger partial charge in [-0.2, -0.15) is 0 Å². The summed E-state index contributed by atoms with van der Waals surface area (Å²) in [4.78, 5) is 23.9. The summed E-state index contributed by atoms with van der Waals surface area (Å²) in [7, 11) is 0. The summed E-state index contributed by atoms with van der Waals surface area (Å²) >= 11 is 2.99. The van der Waals surface area contributed by atoms with E-state index in [9.17, 15) is 18.7 Å². The molecular formula is C19H23BrF2N4O3. The fourth-order valence-electron chi connectivity index (χ4n) is 3.36. The van der Waals surface area contributed by atoms with Crippen molar-refractivity contribution in [3.8, 4) is 0 Å². The number of halogens is 3. The molecule has 3 rings (SSSR count). The van der Waals surface area contributed by atoms with Crippen LogP contribution in [0.25, 0.3) is 10.9 Å². The average Bonchev–Trinajstić information content (AvgIpc) is 2.64. The zero-order valence-electron chi connectivity index (χ0n) is 16.5. The van der Waals surface area contributed by atoms with Crippen LogP contribution in [-0.4, -0.2) is 64.0 Å². The minimum absolute atomic E-state index is 0.0196. The standard InChI is InChI=1S/C19H23BrF2N4O3/c1-19(2,3)29-18(28)25-5-6-26(11(9-25)4-7-27)17-14-13(21)8-12(20)15(22)16(14)23-10-24-17/h8,10-11,27H,4-7,9H2,1-3H3. The van der Waals surface area contributed by atoms with E-state index < -0.39 is 23.3 Å². The molecule has 1 N–H and O–H groups in total. The second-order valence-electron chi connectivity index (χ2n) is 7.86. The van der Waals surface area contributed by atoms with Crippen LogP contribution in [0.4, 0.5) is 19.4 Å². The number of carbonyl (C=O) groups is 1. The summed E-state index contributed by atoms with van der Waals surface area (Å²) in [5.41, 5.74) is -0.753. The third kappa shape index (κ3) is 4.58. The molecular weight excluding hydrogens is 450 g/mol. The van der Waals surface area contributed by atoms with Crippen LogP contribution in [0.5, 0.6) is 0 Å². The van der Waals surface area contributed by atoms with Crippen LogP contribution in [-0.2, 0) is 4.74 Å². The summed E-state index contributed by atoms with van der Waals surface area (Å²) in [6, 6.07) is 0.702. The van der Waals surface area contributed by atoms with Crippen LogP contribution in [0.1, 0.15) is 27.2 Å². The Morgan fingerprint density at radius 2 is 2.07 bits per heavy atom. The van der Waals surface area contributed by atoms with Crippen LogP contribution in [0.3, 0.4) is 0 Å². The molecule has 7 nitrogen and oxygen atoms in total. The lowest BCUT2D eigenvalue weighted by Crippen LogP contribution is -2.56. The fourth-order valence-corrected chi connectivity index (χ4v) is 3.75. The van der Waals surface area contributed by atoms with Gasteiger partial charge in [0.25, 0.3) is 0 Å². The maximum absolute atomic E-state index is 14.7. The van der Waals surface area contributed by atoms with E-state index >= 15 is 0 Å². The van der Waals surface area contributed by atoms with Crippen LogP contribution in [0.2, 0.25) is 0 Å². The number of amides is 1. The number of benzene rings is 1. The third-order valence-electron chi connectivity index (χ3n) is 4.61. The quantitative estimate of drug-likeness (QED) is 0.688. The first-order chi connectivity index (χ1) is 13.6. The SMILES string of the molecule is CC(C)(C)OC(=O)N1CCN(c2ncnc3c(F)c(Br)cc(F)c23)C(CCO)C1. The van der Waals surface area contributed by atoms with Crippen LogP contribution >= 0.6 is 15.9 Å². The van der Waals surface area contributed by atoms with E-state index in [0.29, 0.717) is 19.5 Å². The van der Waals surface area contributed by atoms with Gasteiger partial charge in [0.05, 0.1) is 15.9 Å². The predicted octanol–water partition coefficient (Wildman–Crippen LogP) is 3.48. The Morgan fingerprint density at radius 3 is 2.72 bits per heavy atom. The Balaban J connectivity index is 1.95. The number of aromatic nitrogens is 2. The summed E-state index contributed by atoms with van der Waals surface area (Å²) in [6.45, 7) is 6.14. The van der Waals surface area contributed by atoms with Crippen molar-refractivity contribution in [1.29, 1.82) is 0 Å². The molecule has 1 aromatic carbocycles. The van der Waals surface area contributed by atoms with Gasteiger partial charge in [-0.05, 0) is 49.2 Å². The Morgan fingerprint density at radius 1 is 1.34 bits per heavy atom. The van der Waals surface area contributed by atoms with Gasteiger partial charge in [-0.3, -0.25) is 0 Å². The Hall–Kier alpha value is -2.07. The monoisotopic (exact) mass is 472 g/mol. The van der Waals surface area contributed by atoms with Crippen LogP contribution < -0.4 is 4.90 Å². The summed E-state index contributed by atoms with van der Waals surface area (Å²) in [5, 5.41) is 9.48. The number of carbonyl (C=O) groups excluding carboxylic acids is 1. The number of aliphatic hydroxyl groups excluding tert-OH is 1. The summed E-state index contributed by atoms with van der Waals surface area (Å²) in [6.07, 6.45) is 1.06. The van der Waals surface area contributed by atoms with Crippen molar-refractivity contribution in [1.82, 2.24) is 14.9 Å². The van der Waals surface area contributed by atoms with Crippen molar-refractivity contribution in [2.75, 3.05) is 31.1 Å². The molecule has 0 radical (unpaired) electrons. The average molecular weight is 473 g/mol. The van der Waals surface area contributed by atoms with Gasteiger partial charge in [0.1, 0.15) is 29.1 Å². The number of hydrogen-bond acceptors (Lipinski definition) is 6. The maximum atomic E-state index is 14.7. The topological polar surface area (TPSA) is 78.8 Å². The summed E-state index contributed by atoms with van der Waals surface area (Å²) < 4.78 is 34.6. The molecule has 158 valence electrons. The largest absolute Gasteiger partial charge is 0.444 e. The van der Waals surface area contributed by atoms with Crippen LogP contribution in [0.15, 0.2) is 16.9 Å². The number of rotatable bonds is 3. The number of aliphatic hydroxyl groups is 1. The van der Waals surface area contributed by atoms with Gasteiger partial charge in [-0.15, -0.1) is 0 Å². The third-order valence-corrected chi connectivity index (χ3v) is 5.18. The Kier molecular flexibility index (Phi) is 6.23. The fraction of sp³-hybridized carbons (Fsp3) is 0.526. The molecule has 0 bridgehead atoms. The molecule has 1 fully saturated rings. The molecule has 1 aliphatic rings. The highest BCUT2D eigenvalue weighted by atomic mass is 79.9. The molecule has 1 aliphatic heterocycles. The Bertz CT molecular complexity index is 922. The van der Waals surface area contributed by atoms with Gasteiger partial charge in [-0.25, -0.2) is 23.5 Å². The minimum atomic E-state index is -0.670. The van der Waals surface area contributed by atoms with Gasteiger partial charge < -0.3 is 19.6 Å². The second kappa shape index (κ2) is 8.35. The lowest BCUT2D eigenvalue weighted by molar-refractivity contribution is 0.0207. The zero-order valence-corrected chi connectivity index (χ0v) is 18.0. The molecule has 0 aliphatic carbocycles. The van der Waals surface area contributed by atoms with E-state index in [0.717, 1.165) is 6.07 Å².